The molecule has 0 saturated carbocycles. The van der Waals surface area contributed by atoms with Crippen molar-refractivity contribution in [3.63, 3.8) is 0 Å². The van der Waals surface area contributed by atoms with Gasteiger partial charge in [-0.05, 0) is 19.9 Å². The van der Waals surface area contributed by atoms with Crippen LogP contribution >= 0.6 is 0 Å². The van der Waals surface area contributed by atoms with E-state index < -0.39 is 0 Å². The van der Waals surface area contributed by atoms with Crippen molar-refractivity contribution in [1.29, 1.82) is 0 Å². The molecule has 0 aliphatic carbocycles. The van der Waals surface area contributed by atoms with E-state index in [0.717, 1.165) is 34.2 Å². The molecule has 4 heteroatoms. The van der Waals surface area contributed by atoms with Crippen molar-refractivity contribution in [2.45, 2.75) is 33.2 Å². The van der Waals surface area contributed by atoms with Gasteiger partial charge in [-0.2, -0.15) is 0 Å². The predicted molar refractivity (Wildman–Crippen MR) is 79.2 cm³/mol. The molecular weight excluding hydrogens is 236 g/mol. The number of pyridine rings is 1. The highest BCUT2D eigenvalue weighted by Gasteiger charge is 2.17. The molecule has 0 fully saturated rings. The molecule has 1 aromatic carbocycles. The first-order chi connectivity index (χ1) is 9.13. The summed E-state index contributed by atoms with van der Waals surface area (Å²) in [5.74, 6) is 1.58. The summed E-state index contributed by atoms with van der Waals surface area (Å²) in [6.45, 7) is 6.46. The Hall–Kier alpha value is -2.10. The fourth-order valence-electron chi connectivity index (χ4n) is 2.67. The van der Waals surface area contributed by atoms with E-state index in [-0.39, 0.29) is 0 Å². The van der Waals surface area contributed by atoms with Crippen LogP contribution in [-0.2, 0) is 6.42 Å². The molecule has 0 spiro atoms. The minimum absolute atomic E-state index is 0.352. The Labute approximate surface area is 112 Å². The van der Waals surface area contributed by atoms with Crippen molar-refractivity contribution in [1.82, 2.24) is 14.5 Å². The summed E-state index contributed by atoms with van der Waals surface area (Å²) in [4.78, 5) is 9.13. The molecule has 0 saturated heterocycles. The standard InChI is InChI=1S/C15H18N4/c1-4-12-18-13-14(19(12)9(2)3)10-7-5-6-8-11(10)17-15(13)16/h5-9H,4H2,1-3H3,(H2,16,17). The third kappa shape index (κ3) is 1.67. The lowest BCUT2D eigenvalue weighted by Gasteiger charge is -2.13. The highest BCUT2D eigenvalue weighted by atomic mass is 15.1. The van der Waals surface area contributed by atoms with Gasteiger partial charge < -0.3 is 10.3 Å². The molecule has 4 nitrogen and oxygen atoms in total. The van der Waals surface area contributed by atoms with Crippen LogP contribution in [-0.4, -0.2) is 14.5 Å². The fourth-order valence-corrected chi connectivity index (χ4v) is 2.67. The molecule has 2 aromatic heterocycles. The first kappa shape index (κ1) is 12.0. The van der Waals surface area contributed by atoms with Crippen LogP contribution in [0.1, 0.15) is 32.6 Å². The van der Waals surface area contributed by atoms with Crippen LogP contribution in [0.25, 0.3) is 21.9 Å². The molecule has 0 radical (unpaired) electrons. The van der Waals surface area contributed by atoms with Crippen molar-refractivity contribution >= 4 is 27.8 Å². The van der Waals surface area contributed by atoms with Gasteiger partial charge in [0.1, 0.15) is 11.3 Å². The minimum atomic E-state index is 0.352. The van der Waals surface area contributed by atoms with Crippen molar-refractivity contribution < 1.29 is 0 Å². The van der Waals surface area contributed by atoms with E-state index in [2.05, 4.69) is 41.4 Å². The lowest BCUT2D eigenvalue weighted by Crippen LogP contribution is -2.05. The van der Waals surface area contributed by atoms with Crippen LogP contribution in [0.2, 0.25) is 0 Å². The molecule has 0 unspecified atom stereocenters. The Morgan fingerprint density at radius 2 is 1.95 bits per heavy atom. The van der Waals surface area contributed by atoms with Gasteiger partial charge in [-0.25, -0.2) is 9.97 Å². The number of aromatic nitrogens is 3. The van der Waals surface area contributed by atoms with Crippen molar-refractivity contribution in [2.75, 3.05) is 5.73 Å². The van der Waals surface area contributed by atoms with Gasteiger partial charge >= 0.3 is 0 Å². The van der Waals surface area contributed by atoms with E-state index in [1.807, 2.05) is 18.2 Å². The molecule has 3 rings (SSSR count). The molecule has 0 bridgehead atoms. The maximum absolute atomic E-state index is 6.07. The summed E-state index contributed by atoms with van der Waals surface area (Å²) in [6.07, 6.45) is 0.890. The third-order valence-corrected chi connectivity index (χ3v) is 3.46. The number of aryl methyl sites for hydroxylation is 1. The van der Waals surface area contributed by atoms with E-state index in [1.54, 1.807) is 0 Å². The SMILES string of the molecule is CCc1nc2c(N)nc3ccccc3c2n1C(C)C. The van der Waals surface area contributed by atoms with Crippen LogP contribution in [0, 0.1) is 0 Å². The average molecular weight is 254 g/mol. The van der Waals surface area contributed by atoms with Gasteiger partial charge in [0.15, 0.2) is 5.82 Å². The second-order valence-electron chi connectivity index (χ2n) is 5.06. The summed E-state index contributed by atoms with van der Waals surface area (Å²) in [5.41, 5.74) is 8.93. The highest BCUT2D eigenvalue weighted by Crippen LogP contribution is 2.30. The summed E-state index contributed by atoms with van der Waals surface area (Å²) in [5, 5.41) is 1.12. The van der Waals surface area contributed by atoms with Crippen LogP contribution < -0.4 is 5.73 Å². The molecule has 0 aliphatic heterocycles. The van der Waals surface area contributed by atoms with Gasteiger partial charge in [0.25, 0.3) is 0 Å². The number of para-hydroxylation sites is 1. The first-order valence-electron chi connectivity index (χ1n) is 6.68. The van der Waals surface area contributed by atoms with E-state index in [1.165, 1.54) is 0 Å². The Morgan fingerprint density at radius 3 is 2.63 bits per heavy atom. The zero-order chi connectivity index (χ0) is 13.6. The van der Waals surface area contributed by atoms with Crippen LogP contribution in [0.15, 0.2) is 24.3 Å². The fraction of sp³-hybridized carbons (Fsp3) is 0.333. The average Bonchev–Trinajstić information content (AvgIpc) is 2.79. The summed E-state index contributed by atoms with van der Waals surface area (Å²) in [7, 11) is 0. The summed E-state index contributed by atoms with van der Waals surface area (Å²) in [6, 6.07) is 8.45. The number of hydrogen-bond donors (Lipinski definition) is 1. The highest BCUT2D eigenvalue weighted by molar-refractivity contribution is 6.06. The molecule has 3 aromatic rings. The van der Waals surface area contributed by atoms with Gasteiger partial charge in [0.2, 0.25) is 0 Å². The number of anilines is 1. The van der Waals surface area contributed by atoms with Crippen LogP contribution in [0.4, 0.5) is 5.82 Å². The molecular formula is C15H18N4. The molecule has 0 atom stereocenters. The van der Waals surface area contributed by atoms with E-state index >= 15 is 0 Å². The van der Waals surface area contributed by atoms with Crippen LogP contribution in [0.3, 0.4) is 0 Å². The number of hydrogen-bond acceptors (Lipinski definition) is 3. The molecule has 2 heterocycles. The van der Waals surface area contributed by atoms with Crippen molar-refractivity contribution in [3.05, 3.63) is 30.1 Å². The minimum Gasteiger partial charge on any atom is -0.382 e. The summed E-state index contributed by atoms with van der Waals surface area (Å²) < 4.78 is 2.27. The van der Waals surface area contributed by atoms with Gasteiger partial charge in [-0.3, -0.25) is 0 Å². The van der Waals surface area contributed by atoms with Gasteiger partial charge in [-0.1, -0.05) is 25.1 Å². The lowest BCUT2D eigenvalue weighted by molar-refractivity contribution is 0.589. The maximum Gasteiger partial charge on any atom is 0.152 e. The first-order valence-corrected chi connectivity index (χ1v) is 6.68. The smallest absolute Gasteiger partial charge is 0.152 e. The van der Waals surface area contributed by atoms with Crippen molar-refractivity contribution in [2.24, 2.45) is 0 Å². The van der Waals surface area contributed by atoms with Gasteiger partial charge in [-0.15, -0.1) is 0 Å². The largest absolute Gasteiger partial charge is 0.382 e. The molecule has 0 aliphatic rings. The monoisotopic (exact) mass is 254 g/mol. The normalized spacial score (nSPS) is 11.8. The Bertz CT molecular complexity index is 756. The second-order valence-corrected chi connectivity index (χ2v) is 5.06. The van der Waals surface area contributed by atoms with Gasteiger partial charge in [0, 0.05) is 17.8 Å². The number of nitrogen functional groups attached to an aromatic ring is 1. The van der Waals surface area contributed by atoms with E-state index in [9.17, 15) is 0 Å². The maximum atomic E-state index is 6.07. The second kappa shape index (κ2) is 4.23. The van der Waals surface area contributed by atoms with E-state index in [0.29, 0.717) is 11.9 Å². The van der Waals surface area contributed by atoms with Crippen molar-refractivity contribution in [3.8, 4) is 0 Å². The molecule has 98 valence electrons. The summed E-state index contributed by atoms with van der Waals surface area (Å²) >= 11 is 0. The molecule has 2 N–H and O–H groups in total. The molecule has 0 amide bonds. The third-order valence-electron chi connectivity index (χ3n) is 3.46. The number of nitrogens with two attached hydrogens (primary N) is 1. The zero-order valence-corrected chi connectivity index (χ0v) is 11.5. The Balaban J connectivity index is 2.57. The Kier molecular flexibility index (Phi) is 2.66. The number of fused-ring (bicyclic) bond motifs is 3. The number of rotatable bonds is 2. The van der Waals surface area contributed by atoms with Crippen LogP contribution in [0.5, 0.6) is 0 Å². The predicted octanol–water partition coefficient (Wildman–Crippen LogP) is 3.31. The number of imidazole rings is 1. The number of benzene rings is 1. The number of nitrogens with zero attached hydrogens (tertiary/aromatic N) is 3. The zero-order valence-electron chi connectivity index (χ0n) is 11.5. The lowest BCUT2D eigenvalue weighted by atomic mass is 10.1. The Morgan fingerprint density at radius 1 is 1.21 bits per heavy atom. The topological polar surface area (TPSA) is 56.7 Å². The molecule has 19 heavy (non-hydrogen) atoms. The quantitative estimate of drug-likeness (QED) is 0.763. The van der Waals surface area contributed by atoms with Gasteiger partial charge in [0.05, 0.1) is 11.0 Å². The van der Waals surface area contributed by atoms with E-state index in [4.69, 9.17) is 5.73 Å².